The van der Waals surface area contributed by atoms with Gasteiger partial charge in [0.15, 0.2) is 0 Å². The minimum absolute atomic E-state index is 0.0673. The number of aromatic amines is 1. The van der Waals surface area contributed by atoms with Crippen LogP contribution in [0.4, 0.5) is 0 Å². The number of rotatable bonds is 0. The summed E-state index contributed by atoms with van der Waals surface area (Å²) in [6.07, 6.45) is 4.88. The molecule has 0 saturated heterocycles. The maximum Gasteiger partial charge on any atom is 0.235 e. The molecule has 0 radical (unpaired) electrons. The first-order valence-electron chi connectivity index (χ1n) is 7.85. The van der Waals surface area contributed by atoms with Crippen LogP contribution >= 0.6 is 0 Å². The van der Waals surface area contributed by atoms with Crippen molar-refractivity contribution < 1.29 is 9.59 Å². The van der Waals surface area contributed by atoms with Crippen molar-refractivity contribution in [3.8, 4) is 11.3 Å². The Kier molecular flexibility index (Phi) is 2.57. The number of hydrogen-bond donors (Lipinski definition) is 1. The van der Waals surface area contributed by atoms with Gasteiger partial charge in [-0.25, -0.2) is 0 Å². The third-order valence-electron chi connectivity index (χ3n) is 5.28. The third kappa shape index (κ3) is 1.57. The molecule has 0 atom stereocenters. The van der Waals surface area contributed by atoms with Crippen LogP contribution in [0.2, 0.25) is 0 Å². The molecule has 112 valence electrons. The zero-order valence-electron chi connectivity index (χ0n) is 13.2. The molecule has 2 aliphatic carbocycles. The molecular formula is C19H19NO2. The molecule has 0 fully saturated rings. The van der Waals surface area contributed by atoms with Gasteiger partial charge in [0.25, 0.3) is 0 Å². The molecule has 1 aromatic carbocycles. The van der Waals surface area contributed by atoms with Gasteiger partial charge in [0, 0.05) is 17.3 Å². The number of hydrogen-bond acceptors (Lipinski definition) is 2. The highest BCUT2D eigenvalue weighted by molar-refractivity contribution is 6.53. The lowest BCUT2D eigenvalue weighted by atomic mass is 9.69. The fourth-order valence-electron chi connectivity index (χ4n) is 4.11. The second-order valence-electron chi connectivity index (χ2n) is 7.13. The van der Waals surface area contributed by atoms with Crippen LogP contribution in [-0.4, -0.2) is 16.6 Å². The first kappa shape index (κ1) is 13.5. The Balaban J connectivity index is 2.07. The normalized spacial score (nSPS) is 18.7. The van der Waals surface area contributed by atoms with Crippen LogP contribution in [0.5, 0.6) is 0 Å². The van der Waals surface area contributed by atoms with E-state index in [4.69, 9.17) is 0 Å². The summed E-state index contributed by atoms with van der Waals surface area (Å²) < 4.78 is 0. The van der Waals surface area contributed by atoms with E-state index in [0.29, 0.717) is 11.1 Å². The second-order valence-corrected chi connectivity index (χ2v) is 7.13. The number of ketones is 2. The second kappa shape index (κ2) is 4.19. The fraction of sp³-hybridized carbons (Fsp3) is 0.368. The van der Waals surface area contributed by atoms with Gasteiger partial charge in [0.1, 0.15) is 0 Å². The molecule has 1 aromatic heterocycles. The van der Waals surface area contributed by atoms with Crippen molar-refractivity contribution in [3.05, 3.63) is 46.1 Å². The first-order valence-corrected chi connectivity index (χ1v) is 7.85. The molecule has 3 heteroatoms. The predicted molar refractivity (Wildman–Crippen MR) is 85.6 cm³/mol. The Labute approximate surface area is 129 Å². The Morgan fingerprint density at radius 1 is 1.09 bits per heavy atom. The van der Waals surface area contributed by atoms with Gasteiger partial charge < -0.3 is 4.98 Å². The molecule has 0 amide bonds. The van der Waals surface area contributed by atoms with E-state index in [1.54, 1.807) is 0 Å². The highest BCUT2D eigenvalue weighted by Crippen LogP contribution is 2.43. The van der Waals surface area contributed by atoms with Gasteiger partial charge >= 0.3 is 0 Å². The Hall–Kier alpha value is -2.16. The summed E-state index contributed by atoms with van der Waals surface area (Å²) in [6, 6.07) is 4.16. The van der Waals surface area contributed by atoms with E-state index >= 15 is 0 Å². The summed E-state index contributed by atoms with van der Waals surface area (Å²) in [5, 5.41) is 0. The molecular weight excluding hydrogens is 274 g/mol. The van der Waals surface area contributed by atoms with Crippen LogP contribution in [0.25, 0.3) is 11.3 Å². The maximum absolute atomic E-state index is 12.7. The molecule has 0 aliphatic heterocycles. The Bertz CT molecular complexity index is 839. The van der Waals surface area contributed by atoms with Crippen LogP contribution in [0.3, 0.4) is 0 Å². The molecule has 2 aliphatic rings. The van der Waals surface area contributed by atoms with Gasteiger partial charge in [0.2, 0.25) is 11.6 Å². The molecule has 0 bridgehead atoms. The fourth-order valence-corrected chi connectivity index (χ4v) is 4.11. The van der Waals surface area contributed by atoms with E-state index < -0.39 is 0 Å². The lowest BCUT2D eigenvalue weighted by Crippen LogP contribution is -2.29. The van der Waals surface area contributed by atoms with Crippen LogP contribution < -0.4 is 0 Å². The van der Waals surface area contributed by atoms with E-state index in [1.807, 2.05) is 19.2 Å². The standard InChI is InChI=1S/C19H19NO2/c1-10-9-20-16-12-6-7-13-11(5-4-8-19(13,2)3)15(12)18(22)17(21)14(10)16/h6-7,9,20H,4-5,8H2,1-3H3. The zero-order chi connectivity index (χ0) is 15.6. The van der Waals surface area contributed by atoms with Crippen molar-refractivity contribution in [2.24, 2.45) is 0 Å². The first-order chi connectivity index (χ1) is 10.4. The Morgan fingerprint density at radius 3 is 2.59 bits per heavy atom. The topological polar surface area (TPSA) is 49.9 Å². The maximum atomic E-state index is 12.7. The van der Waals surface area contributed by atoms with Crippen molar-refractivity contribution in [3.63, 3.8) is 0 Å². The molecule has 0 unspecified atom stereocenters. The SMILES string of the molecule is Cc1c[nH]c2c1C(=O)C(=O)c1c-2ccc2c1CCCC2(C)C. The highest BCUT2D eigenvalue weighted by atomic mass is 16.2. The largest absolute Gasteiger partial charge is 0.360 e. The lowest BCUT2D eigenvalue weighted by molar-refractivity contribution is 0.0814. The molecule has 0 saturated carbocycles. The Morgan fingerprint density at radius 2 is 1.82 bits per heavy atom. The van der Waals surface area contributed by atoms with Gasteiger partial charge in [0.05, 0.1) is 11.3 Å². The number of carbonyl (C=O) groups excluding carboxylic acids is 2. The number of benzene rings is 1. The number of aryl methyl sites for hydroxylation is 1. The molecule has 4 rings (SSSR count). The number of Topliss-reactive ketones (excluding diaryl/α,β-unsaturated/α-hetero) is 2. The van der Waals surface area contributed by atoms with Crippen molar-refractivity contribution in [1.82, 2.24) is 4.98 Å². The van der Waals surface area contributed by atoms with Gasteiger partial charge in [-0.2, -0.15) is 0 Å². The zero-order valence-corrected chi connectivity index (χ0v) is 13.2. The number of carbonyl (C=O) groups is 2. The molecule has 2 aromatic rings. The number of aromatic nitrogens is 1. The van der Waals surface area contributed by atoms with E-state index in [0.717, 1.165) is 41.6 Å². The molecule has 22 heavy (non-hydrogen) atoms. The average Bonchev–Trinajstić information content (AvgIpc) is 2.86. The van der Waals surface area contributed by atoms with E-state index in [9.17, 15) is 9.59 Å². The summed E-state index contributed by atoms with van der Waals surface area (Å²) in [5.74, 6) is -0.697. The summed E-state index contributed by atoms with van der Waals surface area (Å²) in [7, 11) is 0. The summed E-state index contributed by atoms with van der Waals surface area (Å²) in [5.41, 5.74) is 6.12. The van der Waals surface area contributed by atoms with E-state index in [2.05, 4.69) is 24.9 Å². The van der Waals surface area contributed by atoms with Gasteiger partial charge in [-0.1, -0.05) is 26.0 Å². The van der Waals surface area contributed by atoms with Crippen LogP contribution in [0.1, 0.15) is 64.1 Å². The van der Waals surface area contributed by atoms with Gasteiger partial charge in [-0.15, -0.1) is 0 Å². The monoisotopic (exact) mass is 293 g/mol. The number of fused-ring (bicyclic) bond motifs is 5. The minimum Gasteiger partial charge on any atom is -0.360 e. The molecule has 0 spiro atoms. The number of H-pyrrole nitrogens is 1. The van der Waals surface area contributed by atoms with Crippen LogP contribution in [-0.2, 0) is 11.8 Å². The van der Waals surface area contributed by atoms with Crippen LogP contribution in [0.15, 0.2) is 18.3 Å². The van der Waals surface area contributed by atoms with Gasteiger partial charge in [-0.3, -0.25) is 9.59 Å². The average molecular weight is 293 g/mol. The quantitative estimate of drug-likeness (QED) is 0.747. The van der Waals surface area contributed by atoms with E-state index in [1.165, 1.54) is 5.56 Å². The third-order valence-corrected chi connectivity index (χ3v) is 5.28. The summed E-state index contributed by atoms with van der Waals surface area (Å²) in [4.78, 5) is 28.5. The van der Waals surface area contributed by atoms with Crippen molar-refractivity contribution in [2.45, 2.75) is 45.4 Å². The minimum atomic E-state index is -0.363. The molecule has 1 heterocycles. The predicted octanol–water partition coefficient (Wildman–Crippen LogP) is 3.98. The smallest absolute Gasteiger partial charge is 0.235 e. The van der Waals surface area contributed by atoms with Crippen molar-refractivity contribution in [1.29, 1.82) is 0 Å². The van der Waals surface area contributed by atoms with E-state index in [-0.39, 0.29) is 17.0 Å². The van der Waals surface area contributed by atoms with Gasteiger partial charge in [-0.05, 0) is 48.3 Å². The molecule has 1 N–H and O–H groups in total. The summed E-state index contributed by atoms with van der Waals surface area (Å²) >= 11 is 0. The number of nitrogens with one attached hydrogen (secondary N) is 1. The summed E-state index contributed by atoms with van der Waals surface area (Å²) in [6.45, 7) is 6.31. The van der Waals surface area contributed by atoms with Crippen molar-refractivity contribution in [2.75, 3.05) is 0 Å². The van der Waals surface area contributed by atoms with Crippen molar-refractivity contribution >= 4 is 11.6 Å². The molecule has 3 nitrogen and oxygen atoms in total. The highest BCUT2D eigenvalue weighted by Gasteiger charge is 2.38. The lowest BCUT2D eigenvalue weighted by Gasteiger charge is -2.35. The van der Waals surface area contributed by atoms with Crippen LogP contribution in [0, 0.1) is 6.92 Å².